The molecular weight excluding hydrogens is 140 g/mol. The Morgan fingerprint density at radius 1 is 1.09 bits per heavy atom. The molecular formula is C9H12O2. The summed E-state index contributed by atoms with van der Waals surface area (Å²) in [5, 5.41) is 0. The van der Waals surface area contributed by atoms with Crippen LogP contribution in [0.2, 0.25) is 0 Å². The third kappa shape index (κ3) is 1.64. The van der Waals surface area contributed by atoms with E-state index in [1.54, 1.807) is 14.2 Å². The molecule has 0 saturated heterocycles. The van der Waals surface area contributed by atoms with Crippen molar-refractivity contribution in [3.8, 4) is 11.5 Å². The summed E-state index contributed by atoms with van der Waals surface area (Å²) in [5.74, 6) is 1.69. The van der Waals surface area contributed by atoms with Gasteiger partial charge in [-0.3, -0.25) is 0 Å². The van der Waals surface area contributed by atoms with E-state index in [-0.39, 0.29) is 0 Å². The van der Waals surface area contributed by atoms with Crippen molar-refractivity contribution in [1.82, 2.24) is 0 Å². The SMILES string of the molecule is COc1ccc(C)c(OC)c1. The summed E-state index contributed by atoms with van der Waals surface area (Å²) in [5.41, 5.74) is 1.12. The lowest BCUT2D eigenvalue weighted by Crippen LogP contribution is -1.88. The molecule has 2 nitrogen and oxygen atoms in total. The first-order chi connectivity index (χ1) is 5.27. The van der Waals surface area contributed by atoms with Crippen LogP contribution in [0.3, 0.4) is 0 Å². The number of rotatable bonds is 2. The van der Waals surface area contributed by atoms with E-state index in [1.165, 1.54) is 0 Å². The predicted molar refractivity (Wildman–Crippen MR) is 44.3 cm³/mol. The summed E-state index contributed by atoms with van der Waals surface area (Å²) >= 11 is 0. The second-order valence-electron chi connectivity index (χ2n) is 2.34. The van der Waals surface area contributed by atoms with E-state index in [9.17, 15) is 0 Å². The van der Waals surface area contributed by atoms with Crippen LogP contribution in [-0.2, 0) is 0 Å². The van der Waals surface area contributed by atoms with Gasteiger partial charge in [-0.25, -0.2) is 0 Å². The van der Waals surface area contributed by atoms with Crippen LogP contribution in [-0.4, -0.2) is 14.2 Å². The number of ether oxygens (including phenoxy) is 2. The first-order valence-corrected chi connectivity index (χ1v) is 3.46. The molecule has 0 heterocycles. The first kappa shape index (κ1) is 7.92. The smallest absolute Gasteiger partial charge is 0.125 e. The Kier molecular flexibility index (Phi) is 2.36. The first-order valence-electron chi connectivity index (χ1n) is 3.46. The Morgan fingerprint density at radius 2 is 1.82 bits per heavy atom. The molecule has 0 aromatic heterocycles. The Morgan fingerprint density at radius 3 is 2.36 bits per heavy atom. The van der Waals surface area contributed by atoms with E-state index in [4.69, 9.17) is 9.47 Å². The van der Waals surface area contributed by atoms with Crippen molar-refractivity contribution >= 4 is 0 Å². The van der Waals surface area contributed by atoms with E-state index in [2.05, 4.69) is 0 Å². The molecule has 0 saturated carbocycles. The maximum Gasteiger partial charge on any atom is 0.125 e. The molecule has 0 aliphatic rings. The lowest BCUT2D eigenvalue weighted by Gasteiger charge is -2.05. The maximum atomic E-state index is 5.11. The van der Waals surface area contributed by atoms with Crippen LogP contribution in [0.5, 0.6) is 11.5 Å². The highest BCUT2D eigenvalue weighted by Crippen LogP contribution is 2.22. The summed E-state index contributed by atoms with van der Waals surface area (Å²) in [6.07, 6.45) is 0. The van der Waals surface area contributed by atoms with Gasteiger partial charge in [-0.2, -0.15) is 0 Å². The van der Waals surface area contributed by atoms with Crippen molar-refractivity contribution in [3.05, 3.63) is 23.8 Å². The van der Waals surface area contributed by atoms with Crippen LogP contribution in [0.1, 0.15) is 5.56 Å². The van der Waals surface area contributed by atoms with Gasteiger partial charge in [0.1, 0.15) is 11.5 Å². The lowest BCUT2D eigenvalue weighted by atomic mass is 10.2. The fraction of sp³-hybridized carbons (Fsp3) is 0.333. The highest BCUT2D eigenvalue weighted by atomic mass is 16.5. The Hall–Kier alpha value is -1.18. The van der Waals surface area contributed by atoms with Crippen molar-refractivity contribution in [2.75, 3.05) is 14.2 Å². The van der Waals surface area contributed by atoms with Gasteiger partial charge >= 0.3 is 0 Å². The predicted octanol–water partition coefficient (Wildman–Crippen LogP) is 2.01. The van der Waals surface area contributed by atoms with Gasteiger partial charge in [-0.05, 0) is 18.6 Å². The topological polar surface area (TPSA) is 18.5 Å². The highest BCUT2D eigenvalue weighted by Gasteiger charge is 1.98. The number of methoxy groups -OCH3 is 2. The van der Waals surface area contributed by atoms with Crippen molar-refractivity contribution < 1.29 is 9.47 Å². The number of hydrogen-bond acceptors (Lipinski definition) is 2. The van der Waals surface area contributed by atoms with Gasteiger partial charge in [0.25, 0.3) is 0 Å². The fourth-order valence-electron chi connectivity index (χ4n) is 0.927. The van der Waals surface area contributed by atoms with Gasteiger partial charge in [-0.1, -0.05) is 6.07 Å². The van der Waals surface area contributed by atoms with Crippen LogP contribution in [0, 0.1) is 6.92 Å². The summed E-state index contributed by atoms with van der Waals surface area (Å²) in [6.45, 7) is 2.00. The second kappa shape index (κ2) is 3.28. The van der Waals surface area contributed by atoms with Crippen molar-refractivity contribution in [2.45, 2.75) is 6.92 Å². The molecule has 2 heteroatoms. The van der Waals surface area contributed by atoms with Gasteiger partial charge in [-0.15, -0.1) is 0 Å². The summed E-state index contributed by atoms with van der Waals surface area (Å²) < 4.78 is 10.1. The molecule has 1 aromatic rings. The molecule has 0 amide bonds. The zero-order valence-electron chi connectivity index (χ0n) is 7.05. The zero-order valence-corrected chi connectivity index (χ0v) is 7.05. The second-order valence-corrected chi connectivity index (χ2v) is 2.34. The molecule has 0 spiro atoms. The molecule has 0 aliphatic heterocycles. The Labute approximate surface area is 66.8 Å². The van der Waals surface area contributed by atoms with Crippen LogP contribution >= 0.6 is 0 Å². The monoisotopic (exact) mass is 152 g/mol. The van der Waals surface area contributed by atoms with E-state index in [1.807, 2.05) is 25.1 Å². The van der Waals surface area contributed by atoms with Crippen LogP contribution < -0.4 is 9.47 Å². The van der Waals surface area contributed by atoms with Gasteiger partial charge in [0.05, 0.1) is 14.2 Å². The fourth-order valence-corrected chi connectivity index (χ4v) is 0.927. The number of benzene rings is 1. The minimum Gasteiger partial charge on any atom is -0.497 e. The minimum atomic E-state index is 0.826. The lowest BCUT2D eigenvalue weighted by molar-refractivity contribution is 0.392. The molecule has 0 atom stereocenters. The van der Waals surface area contributed by atoms with E-state index < -0.39 is 0 Å². The molecule has 0 radical (unpaired) electrons. The largest absolute Gasteiger partial charge is 0.497 e. The van der Waals surface area contributed by atoms with Gasteiger partial charge in [0.2, 0.25) is 0 Å². The van der Waals surface area contributed by atoms with Gasteiger partial charge < -0.3 is 9.47 Å². The molecule has 0 bridgehead atoms. The Bertz CT molecular complexity index is 243. The minimum absolute atomic E-state index is 0.826. The number of hydrogen-bond donors (Lipinski definition) is 0. The molecule has 11 heavy (non-hydrogen) atoms. The molecule has 60 valence electrons. The maximum absolute atomic E-state index is 5.11. The normalized spacial score (nSPS) is 9.36. The molecule has 1 rings (SSSR count). The Balaban J connectivity index is 3.02. The molecule has 0 N–H and O–H groups in total. The van der Waals surface area contributed by atoms with E-state index >= 15 is 0 Å². The van der Waals surface area contributed by atoms with E-state index in [0.717, 1.165) is 17.1 Å². The van der Waals surface area contributed by atoms with Crippen molar-refractivity contribution in [2.24, 2.45) is 0 Å². The zero-order chi connectivity index (χ0) is 8.27. The molecule has 1 aromatic carbocycles. The summed E-state index contributed by atoms with van der Waals surface area (Å²) in [4.78, 5) is 0. The molecule has 0 unspecified atom stereocenters. The van der Waals surface area contributed by atoms with Gasteiger partial charge in [0, 0.05) is 6.07 Å². The van der Waals surface area contributed by atoms with Crippen molar-refractivity contribution in [3.63, 3.8) is 0 Å². The third-order valence-corrected chi connectivity index (χ3v) is 1.62. The number of aryl methyl sites for hydroxylation is 1. The van der Waals surface area contributed by atoms with Crippen molar-refractivity contribution in [1.29, 1.82) is 0 Å². The summed E-state index contributed by atoms with van der Waals surface area (Å²) in [7, 11) is 3.30. The van der Waals surface area contributed by atoms with Gasteiger partial charge in [0.15, 0.2) is 0 Å². The average Bonchev–Trinajstić information content (AvgIpc) is 2.05. The quantitative estimate of drug-likeness (QED) is 0.645. The highest BCUT2D eigenvalue weighted by molar-refractivity contribution is 5.39. The molecule has 0 aliphatic carbocycles. The van der Waals surface area contributed by atoms with Crippen LogP contribution in [0.25, 0.3) is 0 Å². The average molecular weight is 152 g/mol. The standard InChI is InChI=1S/C9H12O2/c1-7-4-5-8(10-2)6-9(7)11-3/h4-6H,1-3H3. The van der Waals surface area contributed by atoms with Crippen LogP contribution in [0.4, 0.5) is 0 Å². The van der Waals surface area contributed by atoms with Crippen LogP contribution in [0.15, 0.2) is 18.2 Å². The third-order valence-electron chi connectivity index (χ3n) is 1.62. The van der Waals surface area contributed by atoms with E-state index in [0.29, 0.717) is 0 Å². The summed E-state index contributed by atoms with van der Waals surface area (Å²) in [6, 6.07) is 5.75. The molecule has 0 fully saturated rings.